The molecule has 2 aromatic heterocycles. The van der Waals surface area contributed by atoms with Crippen LogP contribution in [-0.4, -0.2) is 39.7 Å². The van der Waals surface area contributed by atoms with E-state index in [2.05, 4.69) is 9.97 Å². The standard InChI is InChI=1S/C15H18ClN3O2S/c1-15(2,3)21-14(20)19-6-4-9-10(5-7-19)22-13-11(9)12(16)17-8-18-13/h8H,4-7H2,1-3H3. The molecule has 0 saturated carbocycles. The summed E-state index contributed by atoms with van der Waals surface area (Å²) in [6, 6.07) is 0. The van der Waals surface area contributed by atoms with E-state index in [4.69, 9.17) is 16.3 Å². The van der Waals surface area contributed by atoms with Crippen LogP contribution in [0.3, 0.4) is 0 Å². The number of halogens is 1. The maximum atomic E-state index is 12.2. The Morgan fingerprint density at radius 3 is 2.77 bits per heavy atom. The molecular formula is C15H18ClN3O2S. The lowest BCUT2D eigenvalue weighted by Crippen LogP contribution is -2.38. The first-order valence-electron chi connectivity index (χ1n) is 7.24. The van der Waals surface area contributed by atoms with Gasteiger partial charge < -0.3 is 9.64 Å². The fourth-order valence-electron chi connectivity index (χ4n) is 2.57. The van der Waals surface area contributed by atoms with Crippen LogP contribution in [0, 0.1) is 0 Å². The molecular weight excluding hydrogens is 322 g/mol. The van der Waals surface area contributed by atoms with E-state index in [1.165, 1.54) is 16.8 Å². The number of ether oxygens (including phenoxy) is 1. The van der Waals surface area contributed by atoms with Crippen LogP contribution >= 0.6 is 22.9 Å². The molecule has 0 aliphatic carbocycles. The smallest absolute Gasteiger partial charge is 0.410 e. The lowest BCUT2D eigenvalue weighted by Gasteiger charge is -2.26. The molecule has 0 fully saturated rings. The maximum Gasteiger partial charge on any atom is 0.410 e. The lowest BCUT2D eigenvalue weighted by atomic mass is 10.1. The highest BCUT2D eigenvalue weighted by molar-refractivity contribution is 7.19. The molecule has 1 aliphatic heterocycles. The molecule has 3 rings (SSSR count). The van der Waals surface area contributed by atoms with E-state index in [0.717, 1.165) is 23.1 Å². The Labute approximate surface area is 138 Å². The molecule has 7 heteroatoms. The SMILES string of the molecule is CC(C)(C)OC(=O)N1CCc2sc3ncnc(Cl)c3c2CC1. The second-order valence-corrected chi connectivity index (χ2v) is 7.76. The zero-order valence-corrected chi connectivity index (χ0v) is 14.4. The molecule has 1 aliphatic rings. The number of aromatic nitrogens is 2. The Morgan fingerprint density at radius 1 is 1.32 bits per heavy atom. The minimum Gasteiger partial charge on any atom is -0.444 e. The molecule has 0 N–H and O–H groups in total. The number of hydrogen-bond donors (Lipinski definition) is 0. The van der Waals surface area contributed by atoms with Crippen molar-refractivity contribution in [1.29, 1.82) is 0 Å². The molecule has 0 bridgehead atoms. The Hall–Kier alpha value is -1.40. The maximum absolute atomic E-state index is 12.2. The predicted octanol–water partition coefficient (Wildman–Crippen LogP) is 3.68. The topological polar surface area (TPSA) is 55.3 Å². The first-order chi connectivity index (χ1) is 10.3. The summed E-state index contributed by atoms with van der Waals surface area (Å²) in [6.07, 6.45) is 2.79. The van der Waals surface area contributed by atoms with Crippen molar-refractivity contribution in [2.45, 2.75) is 39.2 Å². The van der Waals surface area contributed by atoms with E-state index in [0.29, 0.717) is 18.2 Å². The van der Waals surface area contributed by atoms with Crippen molar-refractivity contribution in [2.24, 2.45) is 0 Å². The molecule has 0 spiro atoms. The van der Waals surface area contributed by atoms with Crippen LogP contribution in [0.1, 0.15) is 31.2 Å². The van der Waals surface area contributed by atoms with Gasteiger partial charge in [0.1, 0.15) is 21.9 Å². The van der Waals surface area contributed by atoms with Crippen molar-refractivity contribution in [3.63, 3.8) is 0 Å². The number of thiophene rings is 1. The lowest BCUT2D eigenvalue weighted by molar-refractivity contribution is 0.0259. The summed E-state index contributed by atoms with van der Waals surface area (Å²) in [5.74, 6) is 0. The minimum atomic E-state index is -0.474. The van der Waals surface area contributed by atoms with Crippen LogP contribution in [0.25, 0.3) is 10.2 Å². The average Bonchev–Trinajstić information content (AvgIpc) is 2.63. The van der Waals surface area contributed by atoms with Crippen LogP contribution in [-0.2, 0) is 17.6 Å². The summed E-state index contributed by atoms with van der Waals surface area (Å²) in [6.45, 7) is 6.91. The molecule has 0 saturated heterocycles. The van der Waals surface area contributed by atoms with E-state index >= 15 is 0 Å². The van der Waals surface area contributed by atoms with E-state index < -0.39 is 5.60 Å². The molecule has 3 heterocycles. The van der Waals surface area contributed by atoms with Gasteiger partial charge in [-0.3, -0.25) is 0 Å². The Balaban J connectivity index is 1.83. The number of rotatable bonds is 0. The van der Waals surface area contributed by atoms with E-state index in [1.807, 2.05) is 20.8 Å². The molecule has 22 heavy (non-hydrogen) atoms. The van der Waals surface area contributed by atoms with Crippen LogP contribution in [0.4, 0.5) is 4.79 Å². The number of hydrogen-bond acceptors (Lipinski definition) is 5. The molecule has 0 radical (unpaired) electrons. The largest absolute Gasteiger partial charge is 0.444 e. The van der Waals surface area contributed by atoms with Gasteiger partial charge in [0.25, 0.3) is 0 Å². The number of amides is 1. The third kappa shape index (κ3) is 3.03. The second-order valence-electron chi connectivity index (χ2n) is 6.32. The van der Waals surface area contributed by atoms with Crippen LogP contribution < -0.4 is 0 Å². The highest BCUT2D eigenvalue weighted by Gasteiger charge is 2.26. The van der Waals surface area contributed by atoms with Gasteiger partial charge in [-0.25, -0.2) is 14.8 Å². The highest BCUT2D eigenvalue weighted by Crippen LogP contribution is 2.35. The number of carbonyl (C=O) groups is 1. The Bertz CT molecular complexity index is 723. The normalized spacial score (nSPS) is 15.5. The van der Waals surface area contributed by atoms with E-state index in [9.17, 15) is 4.79 Å². The first kappa shape index (κ1) is 15.5. The van der Waals surface area contributed by atoms with Gasteiger partial charge in [-0.2, -0.15) is 0 Å². The Morgan fingerprint density at radius 2 is 2.05 bits per heavy atom. The number of fused-ring (bicyclic) bond motifs is 3. The molecule has 2 aromatic rings. The van der Waals surface area contributed by atoms with Gasteiger partial charge in [0.15, 0.2) is 0 Å². The van der Waals surface area contributed by atoms with E-state index in [-0.39, 0.29) is 6.09 Å². The summed E-state index contributed by atoms with van der Waals surface area (Å²) in [7, 11) is 0. The molecule has 5 nitrogen and oxygen atoms in total. The predicted molar refractivity (Wildman–Crippen MR) is 87.6 cm³/mol. The zero-order chi connectivity index (χ0) is 15.9. The third-order valence-corrected chi connectivity index (χ3v) is 5.00. The molecule has 1 amide bonds. The number of nitrogens with zero attached hydrogens (tertiary/aromatic N) is 3. The molecule has 0 unspecified atom stereocenters. The summed E-state index contributed by atoms with van der Waals surface area (Å²) in [5.41, 5.74) is 0.703. The van der Waals surface area contributed by atoms with Gasteiger partial charge >= 0.3 is 6.09 Å². The van der Waals surface area contributed by atoms with Crippen molar-refractivity contribution in [3.8, 4) is 0 Å². The van der Waals surface area contributed by atoms with Gasteiger partial charge in [0.2, 0.25) is 0 Å². The van der Waals surface area contributed by atoms with Crippen molar-refractivity contribution in [2.75, 3.05) is 13.1 Å². The summed E-state index contributed by atoms with van der Waals surface area (Å²) in [4.78, 5) is 24.5. The fourth-order valence-corrected chi connectivity index (χ4v) is 4.05. The Kier molecular flexibility index (Phi) is 3.99. The van der Waals surface area contributed by atoms with Crippen LogP contribution in [0.15, 0.2) is 6.33 Å². The van der Waals surface area contributed by atoms with Gasteiger partial charge in [-0.05, 0) is 39.2 Å². The fraction of sp³-hybridized carbons (Fsp3) is 0.533. The molecule has 0 atom stereocenters. The van der Waals surface area contributed by atoms with Gasteiger partial charge in [0, 0.05) is 18.0 Å². The highest BCUT2D eigenvalue weighted by atomic mass is 35.5. The second kappa shape index (κ2) is 5.66. The summed E-state index contributed by atoms with van der Waals surface area (Å²) < 4.78 is 5.46. The van der Waals surface area contributed by atoms with Crippen molar-refractivity contribution >= 4 is 39.2 Å². The monoisotopic (exact) mass is 339 g/mol. The van der Waals surface area contributed by atoms with Crippen molar-refractivity contribution in [3.05, 3.63) is 21.9 Å². The van der Waals surface area contributed by atoms with E-state index in [1.54, 1.807) is 16.2 Å². The third-order valence-electron chi connectivity index (χ3n) is 3.52. The zero-order valence-electron chi connectivity index (χ0n) is 12.9. The average molecular weight is 340 g/mol. The first-order valence-corrected chi connectivity index (χ1v) is 8.43. The molecule has 0 aromatic carbocycles. The van der Waals surface area contributed by atoms with Crippen LogP contribution in [0.2, 0.25) is 5.15 Å². The molecule has 118 valence electrons. The summed E-state index contributed by atoms with van der Waals surface area (Å²) >= 11 is 7.86. The van der Waals surface area contributed by atoms with Crippen molar-refractivity contribution in [1.82, 2.24) is 14.9 Å². The minimum absolute atomic E-state index is 0.255. The summed E-state index contributed by atoms with van der Waals surface area (Å²) in [5, 5.41) is 1.43. The van der Waals surface area contributed by atoms with Crippen molar-refractivity contribution < 1.29 is 9.53 Å². The van der Waals surface area contributed by atoms with Gasteiger partial charge in [0.05, 0.1) is 5.39 Å². The van der Waals surface area contributed by atoms with Gasteiger partial charge in [-0.1, -0.05) is 11.6 Å². The quantitative estimate of drug-likeness (QED) is 0.687. The van der Waals surface area contributed by atoms with Gasteiger partial charge in [-0.15, -0.1) is 11.3 Å². The van der Waals surface area contributed by atoms with Crippen LogP contribution in [0.5, 0.6) is 0 Å². The number of carbonyl (C=O) groups excluding carboxylic acids is 1.